The van der Waals surface area contributed by atoms with Gasteiger partial charge in [0, 0.05) is 0 Å². The fourth-order valence-electron chi connectivity index (χ4n) is 2.36. The molecule has 3 atom stereocenters. The van der Waals surface area contributed by atoms with Gasteiger partial charge >= 0.3 is 0 Å². The fraction of sp³-hybridized carbons (Fsp3) is 0.571. The first-order valence-corrected chi connectivity index (χ1v) is 6.89. The van der Waals surface area contributed by atoms with Crippen molar-refractivity contribution in [3.8, 4) is 0 Å². The quantitative estimate of drug-likeness (QED) is 0.808. The Morgan fingerprint density at radius 1 is 1.44 bits per heavy atom. The predicted octanol–water partition coefficient (Wildman–Crippen LogP) is 4.06. The zero-order valence-corrected chi connectivity index (χ0v) is 11.3. The highest BCUT2D eigenvalue weighted by molar-refractivity contribution is 9.10. The van der Waals surface area contributed by atoms with Crippen LogP contribution in [-0.4, -0.2) is 9.43 Å². The van der Waals surface area contributed by atoms with Crippen LogP contribution in [0.3, 0.4) is 0 Å². The Kier molecular flexibility index (Phi) is 3.70. The third-order valence-corrected chi connectivity index (χ3v) is 4.96. The maximum Gasteiger partial charge on any atom is 0.0945 e. The molecule has 2 heteroatoms. The van der Waals surface area contributed by atoms with Crippen molar-refractivity contribution in [3.05, 3.63) is 35.9 Å². The van der Waals surface area contributed by atoms with E-state index < -0.39 is 0 Å². The lowest BCUT2D eigenvalue weighted by atomic mass is 10.0. The van der Waals surface area contributed by atoms with Crippen LogP contribution in [0.25, 0.3) is 0 Å². The molecule has 1 saturated carbocycles. The van der Waals surface area contributed by atoms with Crippen molar-refractivity contribution in [2.24, 2.45) is 5.92 Å². The van der Waals surface area contributed by atoms with Gasteiger partial charge in [0.25, 0.3) is 0 Å². The molecule has 1 N–H and O–H groups in total. The molecule has 1 fully saturated rings. The Labute approximate surface area is 106 Å². The van der Waals surface area contributed by atoms with E-state index in [2.05, 4.69) is 22.9 Å². The van der Waals surface area contributed by atoms with Crippen molar-refractivity contribution >= 4 is 15.9 Å². The minimum atomic E-state index is -0.365. The highest BCUT2D eigenvalue weighted by atomic mass is 79.9. The lowest BCUT2D eigenvalue weighted by molar-refractivity contribution is 0.162. The topological polar surface area (TPSA) is 20.2 Å². The van der Waals surface area contributed by atoms with E-state index >= 15 is 0 Å². The molecule has 0 heterocycles. The highest BCUT2D eigenvalue weighted by Gasteiger charge is 2.56. The first-order chi connectivity index (χ1) is 7.68. The summed E-state index contributed by atoms with van der Waals surface area (Å²) < 4.78 is -0.0521. The summed E-state index contributed by atoms with van der Waals surface area (Å²) in [5.74, 6) is 0.641. The van der Waals surface area contributed by atoms with Gasteiger partial charge in [0.1, 0.15) is 0 Å². The van der Waals surface area contributed by atoms with E-state index in [0.717, 1.165) is 12.0 Å². The van der Waals surface area contributed by atoms with Gasteiger partial charge < -0.3 is 5.11 Å². The van der Waals surface area contributed by atoms with Crippen molar-refractivity contribution in [1.82, 2.24) is 0 Å². The van der Waals surface area contributed by atoms with Gasteiger partial charge in [0.2, 0.25) is 0 Å². The van der Waals surface area contributed by atoms with Crippen LogP contribution in [0.15, 0.2) is 30.3 Å². The summed E-state index contributed by atoms with van der Waals surface area (Å²) in [6, 6.07) is 9.96. The van der Waals surface area contributed by atoms with Crippen LogP contribution in [0, 0.1) is 5.92 Å². The highest BCUT2D eigenvalue weighted by Crippen LogP contribution is 2.60. The van der Waals surface area contributed by atoms with Gasteiger partial charge in [-0.1, -0.05) is 66.0 Å². The largest absolute Gasteiger partial charge is 0.387 e. The SMILES string of the molecule is CCCC[C@H]1C[C@@]1(Br)[C@H](O)c1ccccc1. The first-order valence-electron chi connectivity index (χ1n) is 6.10. The molecule has 0 spiro atoms. The second-order valence-electron chi connectivity index (χ2n) is 4.78. The normalized spacial score (nSPS) is 30.1. The Morgan fingerprint density at radius 2 is 2.12 bits per heavy atom. The van der Waals surface area contributed by atoms with Crippen molar-refractivity contribution in [3.63, 3.8) is 0 Å². The van der Waals surface area contributed by atoms with Crippen LogP contribution in [0.2, 0.25) is 0 Å². The number of halogens is 1. The second-order valence-corrected chi connectivity index (χ2v) is 6.26. The van der Waals surface area contributed by atoms with E-state index in [1.54, 1.807) is 0 Å². The Bertz CT molecular complexity index is 338. The van der Waals surface area contributed by atoms with Gasteiger partial charge in [-0.2, -0.15) is 0 Å². The molecule has 0 radical (unpaired) electrons. The summed E-state index contributed by atoms with van der Waals surface area (Å²) in [6.07, 6.45) is 4.46. The van der Waals surface area contributed by atoms with Gasteiger partial charge in [-0.05, 0) is 24.3 Å². The number of rotatable bonds is 5. The van der Waals surface area contributed by atoms with Crippen LogP contribution < -0.4 is 0 Å². The summed E-state index contributed by atoms with van der Waals surface area (Å²) >= 11 is 3.74. The Morgan fingerprint density at radius 3 is 2.75 bits per heavy atom. The molecule has 88 valence electrons. The van der Waals surface area contributed by atoms with Gasteiger partial charge in [-0.3, -0.25) is 0 Å². The number of alkyl halides is 1. The van der Waals surface area contributed by atoms with Crippen molar-refractivity contribution in [2.45, 2.75) is 43.0 Å². The van der Waals surface area contributed by atoms with Crippen LogP contribution in [-0.2, 0) is 0 Å². The molecule has 1 nitrogen and oxygen atoms in total. The summed E-state index contributed by atoms with van der Waals surface area (Å²) in [6.45, 7) is 2.21. The summed E-state index contributed by atoms with van der Waals surface area (Å²) in [5.41, 5.74) is 1.03. The average Bonchev–Trinajstić information content (AvgIpc) is 2.99. The van der Waals surface area contributed by atoms with E-state index in [-0.39, 0.29) is 10.4 Å². The number of aliphatic hydroxyl groups excluding tert-OH is 1. The minimum Gasteiger partial charge on any atom is -0.387 e. The lowest BCUT2D eigenvalue weighted by Gasteiger charge is -2.18. The van der Waals surface area contributed by atoms with E-state index in [1.807, 2.05) is 30.3 Å². The Balaban J connectivity index is 1.99. The number of benzene rings is 1. The molecule has 1 aromatic rings. The molecule has 1 aliphatic carbocycles. The smallest absolute Gasteiger partial charge is 0.0945 e. The van der Waals surface area contributed by atoms with Crippen LogP contribution in [0.1, 0.15) is 44.3 Å². The van der Waals surface area contributed by atoms with Gasteiger partial charge in [-0.15, -0.1) is 0 Å². The van der Waals surface area contributed by atoms with Crippen molar-refractivity contribution in [1.29, 1.82) is 0 Å². The molecule has 0 saturated heterocycles. The van der Waals surface area contributed by atoms with Crippen LogP contribution in [0.4, 0.5) is 0 Å². The molecule has 0 unspecified atom stereocenters. The standard InChI is InChI=1S/C14H19BrO/c1-2-3-9-12-10-14(12,15)13(16)11-7-5-4-6-8-11/h4-8,12-13,16H,2-3,9-10H2,1H3/t12-,13+,14-/m0/s1. The average molecular weight is 283 g/mol. The van der Waals surface area contributed by atoms with Gasteiger partial charge in [0.15, 0.2) is 0 Å². The molecule has 16 heavy (non-hydrogen) atoms. The molecule has 0 bridgehead atoms. The van der Waals surface area contributed by atoms with Crippen molar-refractivity contribution < 1.29 is 5.11 Å². The number of hydrogen-bond acceptors (Lipinski definition) is 1. The number of aliphatic hydroxyl groups is 1. The number of unbranched alkanes of at least 4 members (excludes halogenated alkanes) is 1. The van der Waals surface area contributed by atoms with Crippen LogP contribution >= 0.6 is 15.9 Å². The van der Waals surface area contributed by atoms with E-state index in [1.165, 1.54) is 19.3 Å². The van der Waals surface area contributed by atoms with Crippen LogP contribution in [0.5, 0.6) is 0 Å². The molecule has 0 aliphatic heterocycles. The van der Waals surface area contributed by atoms with Crippen molar-refractivity contribution in [2.75, 3.05) is 0 Å². The Hall–Kier alpha value is -0.340. The molecule has 2 rings (SSSR count). The molecular formula is C14H19BrO. The van der Waals surface area contributed by atoms with Gasteiger partial charge in [-0.25, -0.2) is 0 Å². The van der Waals surface area contributed by atoms with E-state index in [9.17, 15) is 5.11 Å². The second kappa shape index (κ2) is 4.89. The first kappa shape index (κ1) is 12.1. The number of hydrogen-bond donors (Lipinski definition) is 1. The zero-order valence-electron chi connectivity index (χ0n) is 9.70. The third kappa shape index (κ3) is 2.33. The summed E-state index contributed by atoms with van der Waals surface area (Å²) in [7, 11) is 0. The maximum absolute atomic E-state index is 10.3. The molecule has 0 amide bonds. The summed E-state index contributed by atoms with van der Waals surface area (Å²) in [5, 5.41) is 10.3. The molecule has 0 aromatic heterocycles. The fourth-order valence-corrected chi connectivity index (χ4v) is 3.24. The lowest BCUT2D eigenvalue weighted by Crippen LogP contribution is -2.15. The molecule has 1 aromatic carbocycles. The zero-order chi connectivity index (χ0) is 11.6. The van der Waals surface area contributed by atoms with E-state index in [4.69, 9.17) is 0 Å². The third-order valence-electron chi connectivity index (χ3n) is 3.55. The molecular weight excluding hydrogens is 264 g/mol. The minimum absolute atomic E-state index is 0.0521. The monoisotopic (exact) mass is 282 g/mol. The van der Waals surface area contributed by atoms with E-state index in [0.29, 0.717) is 5.92 Å². The van der Waals surface area contributed by atoms with Gasteiger partial charge in [0.05, 0.1) is 10.4 Å². The maximum atomic E-state index is 10.3. The predicted molar refractivity (Wildman–Crippen MR) is 70.7 cm³/mol. The molecule has 1 aliphatic rings. The summed E-state index contributed by atoms with van der Waals surface area (Å²) in [4.78, 5) is 0.